The van der Waals surface area contributed by atoms with Crippen LogP contribution in [0, 0.1) is 23.6 Å². The molecule has 1 aliphatic carbocycles. The van der Waals surface area contributed by atoms with E-state index in [2.05, 4.69) is 21.0 Å². The number of terminal acetylenes is 1. The standard InChI is InChI=1S/C35H37FN6O3S/c1-3-25-28(36)7-4-21-14-24(43)15-26(30(21)25)27-16-29-31(39-33(27)46-2)32(42-17-22-5-6-23(18-42)37-22)40-34(38-29)45-20-35(8-9-35)19-41-10-12-44-13-11-41/h1,4,7,14-16,22-23,37,43H,5-6,8-13,17-20H2,2H3. The first-order chi connectivity index (χ1) is 22.4. The van der Waals surface area contributed by atoms with Gasteiger partial charge in [-0.2, -0.15) is 9.97 Å². The van der Waals surface area contributed by atoms with Crippen molar-refractivity contribution in [2.24, 2.45) is 5.41 Å². The molecule has 3 saturated heterocycles. The van der Waals surface area contributed by atoms with E-state index in [1.54, 1.807) is 18.2 Å². The van der Waals surface area contributed by atoms with Crippen LogP contribution in [0.4, 0.5) is 10.2 Å². The number of aromatic hydroxyl groups is 1. The van der Waals surface area contributed by atoms with Crippen molar-refractivity contribution >= 4 is 39.4 Å². The number of halogens is 1. The smallest absolute Gasteiger partial charge is 0.319 e. The van der Waals surface area contributed by atoms with E-state index in [1.165, 1.54) is 17.8 Å². The Morgan fingerprint density at radius 3 is 2.61 bits per heavy atom. The molecule has 11 heteroatoms. The molecule has 2 atom stereocenters. The molecule has 4 aromatic rings. The van der Waals surface area contributed by atoms with Gasteiger partial charge < -0.3 is 24.8 Å². The minimum absolute atomic E-state index is 0.0583. The molecule has 238 valence electrons. The van der Waals surface area contributed by atoms with E-state index in [0.717, 1.165) is 77.4 Å². The van der Waals surface area contributed by atoms with Gasteiger partial charge in [-0.3, -0.25) is 4.90 Å². The fourth-order valence-electron chi connectivity index (χ4n) is 7.37. The minimum atomic E-state index is -0.485. The first-order valence-electron chi connectivity index (χ1n) is 16.0. The number of fused-ring (bicyclic) bond motifs is 4. The van der Waals surface area contributed by atoms with E-state index in [-0.39, 0.29) is 16.7 Å². The molecule has 4 fully saturated rings. The van der Waals surface area contributed by atoms with Crippen molar-refractivity contribution in [1.29, 1.82) is 0 Å². The number of benzene rings is 2. The van der Waals surface area contributed by atoms with Crippen LogP contribution in [0.15, 0.2) is 35.4 Å². The van der Waals surface area contributed by atoms with Gasteiger partial charge in [-0.1, -0.05) is 12.0 Å². The summed E-state index contributed by atoms with van der Waals surface area (Å²) in [7, 11) is 0. The second-order valence-corrected chi connectivity index (χ2v) is 13.9. The predicted molar refractivity (Wildman–Crippen MR) is 178 cm³/mol. The lowest BCUT2D eigenvalue weighted by atomic mass is 9.94. The van der Waals surface area contributed by atoms with Gasteiger partial charge in [-0.15, -0.1) is 18.2 Å². The van der Waals surface area contributed by atoms with Crippen LogP contribution in [-0.4, -0.2) is 95.8 Å². The second kappa shape index (κ2) is 11.8. The number of ether oxygens (including phenoxy) is 2. The summed E-state index contributed by atoms with van der Waals surface area (Å²) in [5, 5.41) is 16.4. The number of anilines is 1. The van der Waals surface area contributed by atoms with Crippen molar-refractivity contribution in [1.82, 2.24) is 25.2 Å². The van der Waals surface area contributed by atoms with E-state index in [4.69, 9.17) is 30.8 Å². The molecule has 4 aliphatic rings. The lowest BCUT2D eigenvalue weighted by Gasteiger charge is -2.34. The Hall–Kier alpha value is -3.69. The van der Waals surface area contributed by atoms with Gasteiger partial charge in [0.25, 0.3) is 0 Å². The third-order valence-corrected chi connectivity index (χ3v) is 10.6. The van der Waals surface area contributed by atoms with E-state index < -0.39 is 5.82 Å². The maximum absolute atomic E-state index is 15.0. The molecule has 0 spiro atoms. The minimum Gasteiger partial charge on any atom is -0.508 e. The summed E-state index contributed by atoms with van der Waals surface area (Å²) in [6.45, 7) is 6.66. The molecule has 0 radical (unpaired) electrons. The number of hydrogen-bond donors (Lipinski definition) is 2. The normalized spacial score (nSPS) is 22.3. The SMILES string of the molecule is C#Cc1c(F)ccc2cc(O)cc(-c3cc4nc(OCC5(CN6CCOCC6)CC5)nc(N5CC6CCC(C5)N6)c4nc3SC)c12. The first kappa shape index (κ1) is 29.7. The third kappa shape index (κ3) is 5.51. The number of hydrogen-bond acceptors (Lipinski definition) is 10. The van der Waals surface area contributed by atoms with Crippen LogP contribution in [-0.2, 0) is 4.74 Å². The highest BCUT2D eigenvalue weighted by Crippen LogP contribution is 2.47. The Kier molecular flexibility index (Phi) is 7.64. The van der Waals surface area contributed by atoms with Gasteiger partial charge in [0.05, 0.1) is 30.9 Å². The van der Waals surface area contributed by atoms with Crippen molar-refractivity contribution in [2.75, 3.05) is 63.7 Å². The highest BCUT2D eigenvalue weighted by molar-refractivity contribution is 7.98. The van der Waals surface area contributed by atoms with E-state index in [0.29, 0.717) is 62.7 Å². The van der Waals surface area contributed by atoms with Gasteiger partial charge >= 0.3 is 6.01 Å². The first-order valence-corrected chi connectivity index (χ1v) is 17.3. The number of piperazine rings is 1. The summed E-state index contributed by atoms with van der Waals surface area (Å²) in [5.41, 5.74) is 2.90. The van der Waals surface area contributed by atoms with Gasteiger partial charge in [0.15, 0.2) is 5.82 Å². The quantitative estimate of drug-likeness (QED) is 0.206. The maximum atomic E-state index is 15.0. The van der Waals surface area contributed by atoms with Crippen LogP contribution < -0.4 is 15.0 Å². The van der Waals surface area contributed by atoms with E-state index >= 15 is 0 Å². The largest absolute Gasteiger partial charge is 0.508 e. The summed E-state index contributed by atoms with van der Waals surface area (Å²) in [6, 6.07) is 9.31. The van der Waals surface area contributed by atoms with Gasteiger partial charge in [0.1, 0.15) is 22.1 Å². The monoisotopic (exact) mass is 640 g/mol. The van der Waals surface area contributed by atoms with Crippen molar-refractivity contribution in [3.8, 4) is 35.2 Å². The number of nitrogens with zero attached hydrogens (tertiary/aromatic N) is 5. The average Bonchev–Trinajstić information content (AvgIpc) is 3.76. The summed E-state index contributed by atoms with van der Waals surface area (Å²) in [5.74, 6) is 2.88. The number of phenolic OH excluding ortho intramolecular Hbond substituents is 1. The topological polar surface area (TPSA) is 95.9 Å². The fourth-order valence-corrected chi connectivity index (χ4v) is 7.94. The number of morpholine rings is 1. The van der Waals surface area contributed by atoms with Crippen LogP contribution in [0.3, 0.4) is 0 Å². The molecular formula is C35H37FN6O3S. The average molecular weight is 641 g/mol. The number of rotatable bonds is 8. The molecule has 2 bridgehead atoms. The zero-order chi connectivity index (χ0) is 31.4. The van der Waals surface area contributed by atoms with Crippen LogP contribution in [0.1, 0.15) is 31.2 Å². The zero-order valence-electron chi connectivity index (χ0n) is 25.9. The van der Waals surface area contributed by atoms with Gasteiger partial charge in [0, 0.05) is 61.2 Å². The molecule has 9 nitrogen and oxygen atoms in total. The lowest BCUT2D eigenvalue weighted by Crippen LogP contribution is -2.51. The van der Waals surface area contributed by atoms with Crippen molar-refractivity contribution < 1.29 is 19.0 Å². The predicted octanol–water partition coefficient (Wildman–Crippen LogP) is 4.82. The number of nitrogens with one attached hydrogen (secondary N) is 1. The molecule has 2 aromatic heterocycles. The molecule has 0 amide bonds. The van der Waals surface area contributed by atoms with Gasteiger partial charge in [-0.25, -0.2) is 9.37 Å². The summed E-state index contributed by atoms with van der Waals surface area (Å²) < 4.78 is 27.0. The second-order valence-electron chi connectivity index (χ2n) is 13.1. The number of pyridine rings is 1. The fraction of sp³-hybridized carbons (Fsp3) is 0.457. The van der Waals surface area contributed by atoms with Crippen molar-refractivity contribution in [2.45, 2.75) is 42.8 Å². The third-order valence-electron chi connectivity index (χ3n) is 9.92. The summed E-state index contributed by atoms with van der Waals surface area (Å²) >= 11 is 1.48. The van der Waals surface area contributed by atoms with Crippen molar-refractivity contribution in [3.63, 3.8) is 0 Å². The Morgan fingerprint density at radius 2 is 1.89 bits per heavy atom. The van der Waals surface area contributed by atoms with Crippen molar-refractivity contribution in [3.05, 3.63) is 41.7 Å². The molecule has 2 N–H and O–H groups in total. The van der Waals surface area contributed by atoms with Gasteiger partial charge in [-0.05, 0) is 67.2 Å². The van der Waals surface area contributed by atoms with Crippen LogP contribution in [0.5, 0.6) is 11.8 Å². The highest BCUT2D eigenvalue weighted by atomic mass is 32.2. The maximum Gasteiger partial charge on any atom is 0.319 e. The van der Waals surface area contributed by atoms with Crippen LogP contribution in [0.2, 0.25) is 0 Å². The van der Waals surface area contributed by atoms with E-state index in [1.807, 2.05) is 12.3 Å². The molecule has 5 heterocycles. The molecule has 46 heavy (non-hydrogen) atoms. The summed E-state index contributed by atoms with van der Waals surface area (Å²) in [6.07, 6.45) is 12.3. The number of thioether (sulfide) groups is 1. The Balaban J connectivity index is 1.23. The lowest BCUT2D eigenvalue weighted by molar-refractivity contribution is 0.0231. The Morgan fingerprint density at radius 1 is 1.11 bits per heavy atom. The van der Waals surface area contributed by atoms with Crippen LogP contribution >= 0.6 is 11.8 Å². The molecular weight excluding hydrogens is 603 g/mol. The Labute approximate surface area is 271 Å². The molecule has 2 aromatic carbocycles. The van der Waals surface area contributed by atoms with E-state index in [9.17, 15) is 9.50 Å². The highest BCUT2D eigenvalue weighted by Gasteiger charge is 2.45. The van der Waals surface area contributed by atoms with Gasteiger partial charge in [0.2, 0.25) is 0 Å². The molecule has 8 rings (SSSR count). The Bertz CT molecular complexity index is 1860. The number of aromatic nitrogens is 3. The zero-order valence-corrected chi connectivity index (χ0v) is 26.7. The molecule has 1 saturated carbocycles. The molecule has 2 unspecified atom stereocenters. The molecule has 3 aliphatic heterocycles. The number of phenols is 1. The summed E-state index contributed by atoms with van der Waals surface area (Å²) in [4.78, 5) is 19.9. The van der Waals surface area contributed by atoms with Crippen LogP contribution in [0.25, 0.3) is 32.9 Å².